The molecule has 0 aliphatic carbocycles. The summed E-state index contributed by atoms with van der Waals surface area (Å²) in [6, 6.07) is 9.59. The van der Waals surface area contributed by atoms with Crippen LogP contribution in [0, 0.1) is 5.92 Å². The van der Waals surface area contributed by atoms with E-state index in [0.717, 1.165) is 24.9 Å². The molecule has 0 spiro atoms. The highest BCUT2D eigenvalue weighted by atomic mass is 16.4. The van der Waals surface area contributed by atoms with E-state index in [9.17, 15) is 14.4 Å². The maximum Gasteiger partial charge on any atom is 0.328 e. The van der Waals surface area contributed by atoms with Crippen LogP contribution in [0.25, 0.3) is 0 Å². The summed E-state index contributed by atoms with van der Waals surface area (Å²) >= 11 is 0. The molecule has 6 heteroatoms. The molecule has 2 N–H and O–H groups in total. The lowest BCUT2D eigenvalue weighted by Gasteiger charge is -2.19. The first-order chi connectivity index (χ1) is 11.3. The van der Waals surface area contributed by atoms with E-state index in [1.54, 1.807) is 0 Å². The van der Waals surface area contributed by atoms with Crippen LogP contribution in [0.3, 0.4) is 0 Å². The lowest BCUT2D eigenvalue weighted by molar-refractivity contribution is -0.134. The number of benzene rings is 1. The van der Waals surface area contributed by atoms with Crippen LogP contribution in [-0.2, 0) is 9.59 Å². The number of carbonyl (C=O) groups is 3. The van der Waals surface area contributed by atoms with Gasteiger partial charge in [-0.3, -0.25) is 4.79 Å². The predicted octanol–water partition coefficient (Wildman–Crippen LogP) is 2.56. The molecule has 1 aromatic carbocycles. The van der Waals surface area contributed by atoms with Gasteiger partial charge in [-0.2, -0.15) is 0 Å². The van der Waals surface area contributed by atoms with Gasteiger partial charge in [0.1, 0.15) is 0 Å². The van der Waals surface area contributed by atoms with Gasteiger partial charge in [0.25, 0.3) is 0 Å². The van der Waals surface area contributed by atoms with Crippen LogP contribution in [0.15, 0.2) is 42.5 Å². The molecule has 6 nitrogen and oxygen atoms in total. The number of carboxylic acid groups (broad SMARTS) is 2. The van der Waals surface area contributed by atoms with Crippen molar-refractivity contribution in [2.75, 3.05) is 20.6 Å². The summed E-state index contributed by atoms with van der Waals surface area (Å²) in [5, 5.41) is 15.6. The van der Waals surface area contributed by atoms with Gasteiger partial charge in [-0.15, -0.1) is 0 Å². The van der Waals surface area contributed by atoms with Gasteiger partial charge in [-0.1, -0.05) is 43.7 Å². The van der Waals surface area contributed by atoms with Crippen molar-refractivity contribution in [2.45, 2.75) is 19.8 Å². The van der Waals surface area contributed by atoms with Crippen LogP contribution < -0.4 is 0 Å². The Kier molecular flexibility index (Phi) is 10.8. The zero-order valence-corrected chi connectivity index (χ0v) is 14.3. The molecular formula is C18H25NO5. The van der Waals surface area contributed by atoms with Gasteiger partial charge >= 0.3 is 11.9 Å². The van der Waals surface area contributed by atoms with E-state index in [4.69, 9.17) is 10.2 Å². The molecule has 0 aliphatic heterocycles. The van der Waals surface area contributed by atoms with Gasteiger partial charge in [-0.25, -0.2) is 9.59 Å². The molecule has 0 aliphatic rings. The normalized spacial score (nSPS) is 11.7. The number of Topliss-reactive ketones (excluding diaryl/α,β-unsaturated/α-hetero) is 1. The molecule has 0 fully saturated rings. The maximum absolute atomic E-state index is 12.2. The van der Waals surface area contributed by atoms with Crippen molar-refractivity contribution in [3.05, 3.63) is 48.0 Å². The Balaban J connectivity index is 0.000000561. The van der Waals surface area contributed by atoms with Gasteiger partial charge in [0.15, 0.2) is 5.78 Å². The molecule has 0 aromatic heterocycles. The molecule has 1 aromatic rings. The fourth-order valence-corrected chi connectivity index (χ4v) is 2.08. The maximum atomic E-state index is 12.2. The fraction of sp³-hybridized carbons (Fsp3) is 0.389. The molecule has 1 unspecified atom stereocenters. The van der Waals surface area contributed by atoms with Crippen LogP contribution in [-0.4, -0.2) is 53.5 Å². The van der Waals surface area contributed by atoms with Gasteiger partial charge < -0.3 is 15.1 Å². The van der Waals surface area contributed by atoms with Crippen LogP contribution >= 0.6 is 0 Å². The molecule has 1 atom stereocenters. The Morgan fingerprint density at radius 2 is 1.54 bits per heavy atom. The number of ketones is 1. The van der Waals surface area contributed by atoms with Crippen molar-refractivity contribution < 1.29 is 24.6 Å². The van der Waals surface area contributed by atoms with E-state index in [0.29, 0.717) is 12.2 Å². The average Bonchev–Trinajstić information content (AvgIpc) is 2.53. The molecule has 0 amide bonds. The predicted molar refractivity (Wildman–Crippen MR) is 92.1 cm³/mol. The Morgan fingerprint density at radius 3 is 1.92 bits per heavy atom. The summed E-state index contributed by atoms with van der Waals surface area (Å²) in [7, 11) is 4.03. The lowest BCUT2D eigenvalue weighted by atomic mass is 9.93. The first-order valence-electron chi connectivity index (χ1n) is 7.65. The van der Waals surface area contributed by atoms with Crippen molar-refractivity contribution in [3.8, 4) is 0 Å². The summed E-state index contributed by atoms with van der Waals surface area (Å²) in [6.07, 6.45) is 3.13. The Labute approximate surface area is 142 Å². The standard InChI is InChI=1S/C14H21NO.C4H4O4/c1-4-8-13(11-15(2)3)14(16)12-9-6-5-7-10-12;5-3(6)1-2-4(7)8/h5-7,9-10,13H,4,8,11H2,1-3H3;1-2H,(H,5,6)(H,7,8). The number of nitrogens with zero attached hydrogens (tertiary/aromatic N) is 1. The highest BCUT2D eigenvalue weighted by molar-refractivity contribution is 5.97. The second kappa shape index (κ2) is 12.0. The van der Waals surface area contributed by atoms with E-state index < -0.39 is 11.9 Å². The summed E-state index contributed by atoms with van der Waals surface area (Å²) in [6.45, 7) is 2.96. The molecule has 132 valence electrons. The Morgan fingerprint density at radius 1 is 1.04 bits per heavy atom. The molecule has 0 radical (unpaired) electrons. The van der Waals surface area contributed by atoms with Crippen LogP contribution in [0.1, 0.15) is 30.1 Å². The van der Waals surface area contributed by atoms with Crippen LogP contribution in [0.5, 0.6) is 0 Å². The molecule has 0 saturated heterocycles. The fourth-order valence-electron chi connectivity index (χ4n) is 2.08. The van der Waals surface area contributed by atoms with E-state index >= 15 is 0 Å². The van der Waals surface area contributed by atoms with Crippen molar-refractivity contribution in [1.82, 2.24) is 4.90 Å². The highest BCUT2D eigenvalue weighted by Crippen LogP contribution is 2.15. The first kappa shape index (κ1) is 21.5. The first-order valence-corrected chi connectivity index (χ1v) is 7.65. The quantitative estimate of drug-likeness (QED) is 0.560. The van der Waals surface area contributed by atoms with Gasteiger partial charge in [-0.05, 0) is 20.5 Å². The van der Waals surface area contributed by atoms with Crippen molar-refractivity contribution in [3.63, 3.8) is 0 Å². The van der Waals surface area contributed by atoms with Crippen molar-refractivity contribution in [2.24, 2.45) is 5.92 Å². The minimum atomic E-state index is -1.26. The summed E-state index contributed by atoms with van der Waals surface area (Å²) in [5.41, 5.74) is 0.836. The second-order valence-electron chi connectivity index (χ2n) is 5.49. The highest BCUT2D eigenvalue weighted by Gasteiger charge is 2.19. The van der Waals surface area contributed by atoms with Gasteiger partial charge in [0, 0.05) is 30.2 Å². The van der Waals surface area contributed by atoms with Crippen molar-refractivity contribution >= 4 is 17.7 Å². The molecule has 0 saturated carbocycles. The number of aliphatic carboxylic acids is 2. The topological polar surface area (TPSA) is 94.9 Å². The number of rotatable bonds is 8. The van der Waals surface area contributed by atoms with E-state index in [2.05, 4.69) is 11.8 Å². The molecule has 24 heavy (non-hydrogen) atoms. The average molecular weight is 335 g/mol. The molecule has 0 bridgehead atoms. The largest absolute Gasteiger partial charge is 0.478 e. The van der Waals surface area contributed by atoms with Crippen molar-refractivity contribution in [1.29, 1.82) is 0 Å². The lowest BCUT2D eigenvalue weighted by Crippen LogP contribution is -2.27. The summed E-state index contributed by atoms with van der Waals surface area (Å²) in [5.74, 6) is -2.11. The number of hydrogen-bond acceptors (Lipinski definition) is 4. The molecular weight excluding hydrogens is 310 g/mol. The summed E-state index contributed by atoms with van der Waals surface area (Å²) in [4.78, 5) is 33.4. The number of carboxylic acids is 2. The monoisotopic (exact) mass is 335 g/mol. The van der Waals surface area contributed by atoms with E-state index in [1.165, 1.54) is 0 Å². The minimum Gasteiger partial charge on any atom is -0.478 e. The zero-order chi connectivity index (χ0) is 18.5. The van der Waals surface area contributed by atoms with E-state index in [1.807, 2.05) is 44.4 Å². The SMILES string of the molecule is CCCC(CN(C)C)C(=O)c1ccccc1.O=C(O)C=CC(=O)O. The number of hydrogen-bond donors (Lipinski definition) is 2. The zero-order valence-electron chi connectivity index (χ0n) is 14.3. The molecule has 0 heterocycles. The third-order valence-electron chi connectivity index (χ3n) is 3.02. The van der Waals surface area contributed by atoms with Crippen LogP contribution in [0.4, 0.5) is 0 Å². The number of carbonyl (C=O) groups excluding carboxylic acids is 1. The Hall–Kier alpha value is -2.47. The second-order valence-corrected chi connectivity index (χ2v) is 5.49. The van der Waals surface area contributed by atoms with E-state index in [-0.39, 0.29) is 11.7 Å². The van der Waals surface area contributed by atoms with Gasteiger partial charge in [0.05, 0.1) is 0 Å². The minimum absolute atomic E-state index is 0.127. The third-order valence-corrected chi connectivity index (χ3v) is 3.02. The Bertz CT molecular complexity index is 536. The third kappa shape index (κ3) is 10.3. The smallest absolute Gasteiger partial charge is 0.328 e. The van der Waals surface area contributed by atoms with Crippen LogP contribution in [0.2, 0.25) is 0 Å². The molecule has 1 rings (SSSR count). The van der Waals surface area contributed by atoms with Gasteiger partial charge in [0.2, 0.25) is 0 Å². The summed E-state index contributed by atoms with van der Waals surface area (Å²) < 4.78 is 0.